The molecule has 0 unspecified atom stereocenters. The van der Waals surface area contributed by atoms with Gasteiger partial charge < -0.3 is 20.5 Å². The lowest BCUT2D eigenvalue weighted by Crippen LogP contribution is -2.18. The van der Waals surface area contributed by atoms with Crippen molar-refractivity contribution < 1.29 is 14.3 Å². The van der Waals surface area contributed by atoms with E-state index in [2.05, 4.69) is 5.32 Å². The molecule has 0 saturated carbocycles. The van der Waals surface area contributed by atoms with Crippen LogP contribution in [0.3, 0.4) is 0 Å². The quantitative estimate of drug-likeness (QED) is 0.828. The molecule has 0 spiro atoms. The topological polar surface area (TPSA) is 73.6 Å². The van der Waals surface area contributed by atoms with Gasteiger partial charge in [0.1, 0.15) is 11.5 Å². The Hall–Kier alpha value is -2.53. The molecular formula is C16H18N2O3. The van der Waals surface area contributed by atoms with Gasteiger partial charge in [0.05, 0.1) is 12.2 Å². The normalized spacial score (nSPS) is 10.2. The Morgan fingerprint density at radius 2 is 2.05 bits per heavy atom. The number of nitrogens with one attached hydrogen (secondary N) is 1. The Kier molecular flexibility index (Phi) is 4.79. The number of nitrogens with two attached hydrogens (primary N) is 1. The molecule has 0 saturated heterocycles. The van der Waals surface area contributed by atoms with Gasteiger partial charge in [0.15, 0.2) is 0 Å². The zero-order valence-electron chi connectivity index (χ0n) is 12.1. The second kappa shape index (κ2) is 6.76. The summed E-state index contributed by atoms with van der Waals surface area (Å²) in [5, 5.41) is 2.58. The minimum atomic E-state index is -0.224. The molecule has 0 fully saturated rings. The monoisotopic (exact) mass is 286 g/mol. The average molecular weight is 286 g/mol. The van der Waals surface area contributed by atoms with Crippen LogP contribution in [0.1, 0.15) is 15.9 Å². The molecule has 0 bridgehead atoms. The lowest BCUT2D eigenvalue weighted by Gasteiger charge is -2.12. The SMILES string of the molecule is CNC(=O)c1ccc(N)cc1Oc1cccc(COC)c1. The predicted molar refractivity (Wildman–Crippen MR) is 81.5 cm³/mol. The second-order valence-corrected chi connectivity index (χ2v) is 4.52. The van der Waals surface area contributed by atoms with Gasteiger partial charge in [-0.05, 0) is 29.8 Å². The highest BCUT2D eigenvalue weighted by Gasteiger charge is 2.12. The third-order valence-electron chi connectivity index (χ3n) is 2.91. The Bertz CT molecular complexity index is 641. The Labute approximate surface area is 123 Å². The molecule has 0 radical (unpaired) electrons. The maximum absolute atomic E-state index is 11.9. The van der Waals surface area contributed by atoms with Crippen molar-refractivity contribution in [3.63, 3.8) is 0 Å². The second-order valence-electron chi connectivity index (χ2n) is 4.52. The van der Waals surface area contributed by atoms with E-state index in [1.165, 1.54) is 0 Å². The van der Waals surface area contributed by atoms with Gasteiger partial charge in [0, 0.05) is 25.9 Å². The van der Waals surface area contributed by atoms with Crippen LogP contribution in [0.5, 0.6) is 11.5 Å². The zero-order valence-corrected chi connectivity index (χ0v) is 12.1. The van der Waals surface area contributed by atoms with Gasteiger partial charge in [0.2, 0.25) is 0 Å². The number of hydrogen-bond acceptors (Lipinski definition) is 4. The molecule has 5 nitrogen and oxygen atoms in total. The van der Waals surface area contributed by atoms with E-state index in [9.17, 15) is 4.79 Å². The smallest absolute Gasteiger partial charge is 0.254 e. The average Bonchev–Trinajstić information content (AvgIpc) is 2.47. The summed E-state index contributed by atoms with van der Waals surface area (Å²) in [7, 11) is 3.21. The van der Waals surface area contributed by atoms with Gasteiger partial charge in [-0.15, -0.1) is 0 Å². The Balaban J connectivity index is 2.32. The molecular weight excluding hydrogens is 268 g/mol. The highest BCUT2D eigenvalue weighted by Crippen LogP contribution is 2.28. The summed E-state index contributed by atoms with van der Waals surface area (Å²) in [5.74, 6) is 0.822. The minimum Gasteiger partial charge on any atom is -0.456 e. The number of anilines is 1. The summed E-state index contributed by atoms with van der Waals surface area (Å²) in [4.78, 5) is 11.9. The van der Waals surface area contributed by atoms with Crippen LogP contribution < -0.4 is 15.8 Å². The van der Waals surface area contributed by atoms with Crippen molar-refractivity contribution in [2.24, 2.45) is 0 Å². The van der Waals surface area contributed by atoms with Crippen LogP contribution in [-0.2, 0) is 11.3 Å². The number of benzene rings is 2. The van der Waals surface area contributed by atoms with E-state index >= 15 is 0 Å². The molecule has 5 heteroatoms. The fourth-order valence-corrected chi connectivity index (χ4v) is 1.94. The van der Waals surface area contributed by atoms with Gasteiger partial charge in [-0.3, -0.25) is 4.79 Å². The molecule has 1 amide bonds. The number of carbonyl (C=O) groups excluding carboxylic acids is 1. The summed E-state index contributed by atoms with van der Waals surface area (Å²) in [6.45, 7) is 0.496. The van der Waals surface area contributed by atoms with Crippen molar-refractivity contribution in [3.8, 4) is 11.5 Å². The van der Waals surface area contributed by atoms with E-state index in [0.717, 1.165) is 5.56 Å². The van der Waals surface area contributed by atoms with Gasteiger partial charge in [-0.2, -0.15) is 0 Å². The number of rotatable bonds is 5. The molecule has 2 aromatic rings. The van der Waals surface area contributed by atoms with Crippen LogP contribution in [0.4, 0.5) is 5.69 Å². The molecule has 0 aliphatic heterocycles. The van der Waals surface area contributed by atoms with E-state index in [0.29, 0.717) is 29.4 Å². The van der Waals surface area contributed by atoms with Crippen LogP contribution in [0.15, 0.2) is 42.5 Å². The van der Waals surface area contributed by atoms with Crippen LogP contribution in [0, 0.1) is 0 Å². The van der Waals surface area contributed by atoms with Crippen molar-refractivity contribution in [2.45, 2.75) is 6.61 Å². The van der Waals surface area contributed by atoms with Crippen molar-refractivity contribution in [3.05, 3.63) is 53.6 Å². The molecule has 0 aromatic heterocycles. The summed E-state index contributed by atoms with van der Waals surface area (Å²) in [6.07, 6.45) is 0. The molecule has 0 heterocycles. The van der Waals surface area contributed by atoms with Crippen LogP contribution in [0.25, 0.3) is 0 Å². The van der Waals surface area contributed by atoms with E-state index in [1.807, 2.05) is 24.3 Å². The molecule has 0 aliphatic rings. The standard InChI is InChI=1S/C16H18N2O3/c1-18-16(19)14-7-6-12(17)9-15(14)21-13-5-3-4-11(8-13)10-20-2/h3-9H,10,17H2,1-2H3,(H,18,19). The summed E-state index contributed by atoms with van der Waals surface area (Å²) in [5.41, 5.74) is 7.72. The van der Waals surface area contributed by atoms with Crippen molar-refractivity contribution in [1.82, 2.24) is 5.32 Å². The lowest BCUT2D eigenvalue weighted by molar-refractivity contribution is 0.0961. The molecule has 3 N–H and O–H groups in total. The van der Waals surface area contributed by atoms with Crippen molar-refractivity contribution >= 4 is 11.6 Å². The number of hydrogen-bond donors (Lipinski definition) is 2. The highest BCUT2D eigenvalue weighted by atomic mass is 16.5. The third-order valence-corrected chi connectivity index (χ3v) is 2.91. The fraction of sp³-hybridized carbons (Fsp3) is 0.188. The molecule has 0 aliphatic carbocycles. The Morgan fingerprint density at radius 1 is 1.24 bits per heavy atom. The van der Waals surface area contributed by atoms with E-state index in [-0.39, 0.29) is 5.91 Å². The number of carbonyl (C=O) groups is 1. The van der Waals surface area contributed by atoms with Crippen LogP contribution in [0.2, 0.25) is 0 Å². The first-order valence-corrected chi connectivity index (χ1v) is 6.51. The minimum absolute atomic E-state index is 0.224. The number of methoxy groups -OCH3 is 1. The van der Waals surface area contributed by atoms with Crippen molar-refractivity contribution in [2.75, 3.05) is 19.9 Å². The fourth-order valence-electron chi connectivity index (χ4n) is 1.94. The first kappa shape index (κ1) is 14.9. The Morgan fingerprint density at radius 3 is 2.76 bits per heavy atom. The summed E-state index contributed by atoms with van der Waals surface area (Å²) in [6, 6.07) is 12.4. The number of amides is 1. The molecule has 2 rings (SSSR count). The van der Waals surface area contributed by atoms with Gasteiger partial charge in [-0.25, -0.2) is 0 Å². The van der Waals surface area contributed by atoms with E-state index in [4.69, 9.17) is 15.2 Å². The van der Waals surface area contributed by atoms with Crippen molar-refractivity contribution in [1.29, 1.82) is 0 Å². The highest BCUT2D eigenvalue weighted by molar-refractivity contribution is 5.97. The predicted octanol–water partition coefficient (Wildman–Crippen LogP) is 2.57. The maximum atomic E-state index is 11.9. The van der Waals surface area contributed by atoms with Gasteiger partial charge in [-0.1, -0.05) is 12.1 Å². The zero-order chi connectivity index (χ0) is 15.2. The number of nitrogen functional groups attached to an aromatic ring is 1. The van der Waals surface area contributed by atoms with Gasteiger partial charge >= 0.3 is 0 Å². The number of ether oxygens (including phenoxy) is 2. The molecule has 0 atom stereocenters. The van der Waals surface area contributed by atoms with E-state index < -0.39 is 0 Å². The molecule has 2 aromatic carbocycles. The summed E-state index contributed by atoms with van der Waals surface area (Å²) >= 11 is 0. The molecule has 21 heavy (non-hydrogen) atoms. The van der Waals surface area contributed by atoms with E-state index in [1.54, 1.807) is 32.4 Å². The maximum Gasteiger partial charge on any atom is 0.254 e. The summed E-state index contributed by atoms with van der Waals surface area (Å²) < 4.78 is 10.9. The van der Waals surface area contributed by atoms with Crippen LogP contribution >= 0.6 is 0 Å². The first-order chi connectivity index (χ1) is 10.1. The third kappa shape index (κ3) is 3.73. The van der Waals surface area contributed by atoms with Crippen LogP contribution in [-0.4, -0.2) is 20.1 Å². The lowest BCUT2D eigenvalue weighted by atomic mass is 10.1. The largest absolute Gasteiger partial charge is 0.456 e. The van der Waals surface area contributed by atoms with Gasteiger partial charge in [0.25, 0.3) is 5.91 Å². The first-order valence-electron chi connectivity index (χ1n) is 6.51. The molecule has 110 valence electrons.